The number of anilines is 1. The Balaban J connectivity index is 1.88. The van der Waals surface area contributed by atoms with Gasteiger partial charge in [0.25, 0.3) is 0 Å². The fourth-order valence-corrected chi connectivity index (χ4v) is 2.83. The number of carboxylic acid groups (broad SMARTS) is 1. The number of nitrogens with zero attached hydrogens (tertiary/aromatic N) is 5. The number of amides is 1. The highest BCUT2D eigenvalue weighted by atomic mass is 19.1. The van der Waals surface area contributed by atoms with Crippen LogP contribution in [0.4, 0.5) is 14.9 Å². The van der Waals surface area contributed by atoms with E-state index in [4.69, 9.17) is 5.73 Å². The Morgan fingerprint density at radius 1 is 1.38 bits per heavy atom. The number of rotatable bonds is 7. The Morgan fingerprint density at radius 3 is 2.83 bits per heavy atom. The lowest BCUT2D eigenvalue weighted by Gasteiger charge is -2.21. The van der Waals surface area contributed by atoms with Crippen molar-refractivity contribution < 1.29 is 14.3 Å². The van der Waals surface area contributed by atoms with E-state index in [9.17, 15) is 19.1 Å². The van der Waals surface area contributed by atoms with Crippen LogP contribution in [0.25, 0.3) is 5.69 Å². The van der Waals surface area contributed by atoms with Gasteiger partial charge in [0.15, 0.2) is 0 Å². The lowest BCUT2D eigenvalue weighted by molar-refractivity contribution is 0.198. The summed E-state index contributed by atoms with van der Waals surface area (Å²) < 4.78 is 16.8. The molecule has 3 rings (SSSR count). The van der Waals surface area contributed by atoms with Gasteiger partial charge in [-0.2, -0.15) is 10.2 Å². The molecule has 0 aliphatic carbocycles. The number of aryl methyl sites for hydroxylation is 1. The molecule has 1 atom stereocenters. The summed E-state index contributed by atoms with van der Waals surface area (Å²) in [6, 6.07) is 7.98. The number of aromatic nitrogens is 4. The predicted octanol–water partition coefficient (Wildman–Crippen LogP) is 1.34. The van der Waals surface area contributed by atoms with E-state index >= 15 is 0 Å². The van der Waals surface area contributed by atoms with Crippen LogP contribution in [0.2, 0.25) is 0 Å². The summed E-state index contributed by atoms with van der Waals surface area (Å²) >= 11 is 0. The van der Waals surface area contributed by atoms with Crippen LogP contribution >= 0.6 is 0 Å². The van der Waals surface area contributed by atoms with Crippen molar-refractivity contribution in [2.24, 2.45) is 12.8 Å². The van der Waals surface area contributed by atoms with Gasteiger partial charge in [-0.25, -0.2) is 13.9 Å². The zero-order valence-electron chi connectivity index (χ0n) is 15.8. The number of nitrogens with two attached hydrogens (primary N) is 1. The monoisotopic (exact) mass is 400 g/mol. The van der Waals surface area contributed by atoms with E-state index in [0.717, 1.165) is 4.90 Å². The largest absolute Gasteiger partial charge is 0.465 e. The highest BCUT2D eigenvalue weighted by Gasteiger charge is 2.19. The van der Waals surface area contributed by atoms with Crippen LogP contribution in [0.3, 0.4) is 0 Å². The Bertz CT molecular complexity index is 1060. The summed E-state index contributed by atoms with van der Waals surface area (Å²) in [4.78, 5) is 24.7. The van der Waals surface area contributed by atoms with E-state index in [1.54, 1.807) is 59.3 Å². The third-order valence-electron chi connectivity index (χ3n) is 4.30. The van der Waals surface area contributed by atoms with Crippen LogP contribution in [-0.4, -0.2) is 50.0 Å². The van der Waals surface area contributed by atoms with E-state index in [1.165, 1.54) is 6.07 Å². The van der Waals surface area contributed by atoms with Crippen LogP contribution in [-0.2, 0) is 13.5 Å². The van der Waals surface area contributed by atoms with Crippen molar-refractivity contribution in [3.05, 3.63) is 70.4 Å². The maximum atomic E-state index is 13.6. The highest BCUT2D eigenvalue weighted by molar-refractivity contribution is 5.86. The van der Waals surface area contributed by atoms with Crippen molar-refractivity contribution in [1.29, 1.82) is 0 Å². The van der Waals surface area contributed by atoms with Gasteiger partial charge in [-0.3, -0.25) is 14.4 Å². The molecule has 1 amide bonds. The molecule has 152 valence electrons. The molecule has 29 heavy (non-hydrogen) atoms. The Hall–Kier alpha value is -3.53. The second kappa shape index (κ2) is 8.65. The molecule has 0 fully saturated rings. The number of benzene rings is 1. The first-order chi connectivity index (χ1) is 13.9. The Morgan fingerprint density at radius 2 is 2.17 bits per heavy atom. The molecule has 0 saturated carbocycles. The molecule has 1 unspecified atom stereocenters. The third kappa shape index (κ3) is 4.85. The van der Waals surface area contributed by atoms with Gasteiger partial charge >= 0.3 is 6.09 Å². The molecular weight excluding hydrogens is 379 g/mol. The maximum Gasteiger partial charge on any atom is 0.411 e. The first-order valence-electron chi connectivity index (χ1n) is 8.89. The van der Waals surface area contributed by atoms with Crippen LogP contribution in [0, 0.1) is 0 Å². The molecule has 2 heterocycles. The summed E-state index contributed by atoms with van der Waals surface area (Å²) in [5, 5.41) is 17.9. The quantitative estimate of drug-likeness (QED) is 0.618. The minimum absolute atomic E-state index is 0.192. The fourth-order valence-electron chi connectivity index (χ4n) is 2.83. The molecule has 3 N–H and O–H groups in total. The molecular formula is C19H21FN6O3. The second-order valence-electron chi connectivity index (χ2n) is 6.52. The molecule has 0 bridgehead atoms. The fraction of sp³-hybridized carbons (Fsp3) is 0.263. The van der Waals surface area contributed by atoms with Crippen LogP contribution < -0.4 is 16.1 Å². The molecule has 0 radical (unpaired) electrons. The lowest BCUT2D eigenvalue weighted by Crippen LogP contribution is -2.37. The van der Waals surface area contributed by atoms with Gasteiger partial charge in [0.05, 0.1) is 18.9 Å². The molecule has 9 nitrogen and oxygen atoms in total. The Labute approximate surface area is 165 Å². The summed E-state index contributed by atoms with van der Waals surface area (Å²) in [6.45, 7) is -0.641. The van der Waals surface area contributed by atoms with E-state index < -0.39 is 12.3 Å². The number of alkyl halides is 1. The molecule has 0 aliphatic rings. The van der Waals surface area contributed by atoms with Crippen molar-refractivity contribution in [1.82, 2.24) is 19.6 Å². The van der Waals surface area contributed by atoms with Crippen molar-refractivity contribution >= 4 is 11.8 Å². The van der Waals surface area contributed by atoms with Crippen molar-refractivity contribution in [2.45, 2.75) is 12.6 Å². The van der Waals surface area contributed by atoms with Gasteiger partial charge in [0, 0.05) is 38.0 Å². The highest BCUT2D eigenvalue weighted by Crippen LogP contribution is 2.19. The predicted molar refractivity (Wildman–Crippen MR) is 105 cm³/mol. The first kappa shape index (κ1) is 20.2. The molecule has 10 heteroatoms. The van der Waals surface area contributed by atoms with Gasteiger partial charge in [-0.1, -0.05) is 12.1 Å². The topological polar surface area (TPSA) is 119 Å². The first-order valence-corrected chi connectivity index (χ1v) is 8.89. The SMILES string of the molecule is Cn1cc(-n2ccc(=O)c(Cc3cccc(N(CC(F)CN)C(=O)O)c3)n2)cn1. The minimum Gasteiger partial charge on any atom is -0.465 e. The molecule has 0 spiro atoms. The van der Waals surface area contributed by atoms with Crippen LogP contribution in [0.15, 0.2) is 53.7 Å². The standard InChI is InChI=1S/C19H21FN6O3/c1-24-12-16(10-22-24)26-6-5-18(27)17(23-26)8-13-3-2-4-15(7-13)25(19(28)29)11-14(20)9-21/h2-7,10,12,14H,8-9,11,21H2,1H3,(H,28,29). The minimum atomic E-state index is -1.47. The second-order valence-corrected chi connectivity index (χ2v) is 6.52. The molecule has 0 aliphatic heterocycles. The van der Waals surface area contributed by atoms with Gasteiger partial charge in [-0.15, -0.1) is 0 Å². The summed E-state index contributed by atoms with van der Waals surface area (Å²) in [5.74, 6) is 0. The maximum absolute atomic E-state index is 13.6. The Kier molecular flexibility index (Phi) is 6.03. The van der Waals surface area contributed by atoms with E-state index in [0.29, 0.717) is 22.6 Å². The van der Waals surface area contributed by atoms with E-state index in [-0.39, 0.29) is 24.9 Å². The molecule has 1 aromatic carbocycles. The summed E-state index contributed by atoms with van der Waals surface area (Å²) in [5.41, 5.74) is 7.00. The number of hydrogen-bond acceptors (Lipinski definition) is 5. The smallest absolute Gasteiger partial charge is 0.411 e. The van der Waals surface area contributed by atoms with Gasteiger partial charge < -0.3 is 10.8 Å². The van der Waals surface area contributed by atoms with Crippen LogP contribution in [0.5, 0.6) is 0 Å². The van der Waals surface area contributed by atoms with Crippen LogP contribution in [0.1, 0.15) is 11.3 Å². The average molecular weight is 400 g/mol. The zero-order valence-corrected chi connectivity index (χ0v) is 15.8. The third-order valence-corrected chi connectivity index (χ3v) is 4.30. The zero-order chi connectivity index (χ0) is 21.0. The average Bonchev–Trinajstić information content (AvgIpc) is 3.14. The number of halogens is 1. The molecule has 0 saturated heterocycles. The summed E-state index contributed by atoms with van der Waals surface area (Å²) in [7, 11) is 1.78. The van der Waals surface area contributed by atoms with Gasteiger partial charge in [0.1, 0.15) is 17.6 Å². The van der Waals surface area contributed by atoms with Gasteiger partial charge in [-0.05, 0) is 17.7 Å². The van der Waals surface area contributed by atoms with E-state index in [2.05, 4.69) is 10.2 Å². The molecule has 2 aromatic heterocycles. The van der Waals surface area contributed by atoms with Crippen molar-refractivity contribution in [3.8, 4) is 5.69 Å². The van der Waals surface area contributed by atoms with Gasteiger partial charge in [0.2, 0.25) is 5.43 Å². The number of carbonyl (C=O) groups is 1. The summed E-state index contributed by atoms with van der Waals surface area (Å²) in [6.07, 6.45) is 2.37. The normalized spacial score (nSPS) is 12.0. The van der Waals surface area contributed by atoms with Crippen molar-refractivity contribution in [2.75, 3.05) is 18.0 Å². The lowest BCUT2D eigenvalue weighted by atomic mass is 10.1. The van der Waals surface area contributed by atoms with Crippen molar-refractivity contribution in [3.63, 3.8) is 0 Å². The molecule has 3 aromatic rings. The number of hydrogen-bond donors (Lipinski definition) is 2. The van der Waals surface area contributed by atoms with E-state index in [1.807, 2.05) is 0 Å².